The molecule has 380 valence electrons. The van der Waals surface area contributed by atoms with Crippen LogP contribution in [0.15, 0.2) is 97.3 Å². The largest absolute Gasteiger partial charge is 1.00 e. The second kappa shape index (κ2) is 19.1. The van der Waals surface area contributed by atoms with Crippen LogP contribution in [0.2, 0.25) is 0 Å². The number of aromatic nitrogens is 2. The van der Waals surface area contributed by atoms with Crippen molar-refractivity contribution in [3.63, 3.8) is 0 Å². The van der Waals surface area contributed by atoms with Crippen molar-refractivity contribution in [1.29, 1.82) is 0 Å². The molecular formula is C62H65F2LiN2O7. The molecule has 0 spiro atoms. The van der Waals surface area contributed by atoms with E-state index in [0.29, 0.717) is 29.5 Å². The third-order valence-corrected chi connectivity index (χ3v) is 18.1. The molecule has 0 radical (unpaired) electrons. The molecular weight excluding hydrogens is 930 g/mol. The van der Waals surface area contributed by atoms with E-state index in [4.69, 9.17) is 14.2 Å². The van der Waals surface area contributed by atoms with Crippen molar-refractivity contribution in [2.75, 3.05) is 6.61 Å². The fraction of sp³-hybridized carbons (Fsp3) is 0.419. The molecule has 2 heterocycles. The molecule has 0 saturated heterocycles. The van der Waals surface area contributed by atoms with Gasteiger partial charge in [0.1, 0.15) is 24.8 Å². The smallest absolute Gasteiger partial charge is 0.870 e. The number of hydrogen-bond donors (Lipinski definition) is 1. The van der Waals surface area contributed by atoms with Crippen LogP contribution in [-0.2, 0) is 62.0 Å². The van der Waals surface area contributed by atoms with E-state index in [2.05, 4.69) is 107 Å². The summed E-state index contributed by atoms with van der Waals surface area (Å²) in [5.74, 6) is 0.0698. The van der Waals surface area contributed by atoms with Crippen molar-refractivity contribution in [2.24, 2.45) is 23.7 Å². The molecule has 0 bridgehead atoms. The molecule has 2 fully saturated rings. The minimum atomic E-state index is -0.734. The molecule has 2 aromatic heterocycles. The quantitative estimate of drug-likeness (QED) is 0.0995. The average Bonchev–Trinajstić information content (AvgIpc) is 3.89. The van der Waals surface area contributed by atoms with E-state index in [1.165, 1.54) is 33.4 Å². The molecule has 4 unspecified atom stereocenters. The first-order chi connectivity index (χ1) is 34.3. The van der Waals surface area contributed by atoms with Gasteiger partial charge in [-0.2, -0.15) is 0 Å². The molecule has 6 aromatic rings. The SMILES string of the molecule is CCOC(=O)[C@H]1[C@@H]2Cc3cc(OCc4cc5c(cc4F)C(C)(C)CC5c4ccccc4C)ncc3C21C.Cc1ccccc1C1CC(C)(C)c2cc(F)c(COc3cc4c(cn3)C3(C)[C@@H](C4)[C@@H]3C(=O)O)cc21.[Li+].[OH-]. The molecule has 6 aliphatic rings. The van der Waals surface area contributed by atoms with Gasteiger partial charge in [-0.3, -0.25) is 9.59 Å². The van der Waals surface area contributed by atoms with Gasteiger partial charge in [-0.25, -0.2) is 18.7 Å². The van der Waals surface area contributed by atoms with Gasteiger partial charge in [0, 0.05) is 58.3 Å². The number of carbonyl (C=O) groups excluding carboxylic acids is 1. The monoisotopic (exact) mass is 994 g/mol. The van der Waals surface area contributed by atoms with Crippen LogP contribution in [0.4, 0.5) is 8.78 Å². The Hall–Kier alpha value is -5.86. The molecule has 12 heteroatoms. The Morgan fingerprint density at radius 2 is 1.04 bits per heavy atom. The van der Waals surface area contributed by atoms with E-state index in [0.717, 1.165) is 59.1 Å². The number of hydrogen-bond acceptors (Lipinski definition) is 8. The van der Waals surface area contributed by atoms with E-state index in [9.17, 15) is 14.7 Å². The van der Waals surface area contributed by atoms with Crippen LogP contribution < -0.4 is 28.3 Å². The topological polar surface area (TPSA) is 138 Å². The molecule has 0 aliphatic heterocycles. The fourth-order valence-corrected chi connectivity index (χ4v) is 14.1. The zero-order valence-corrected chi connectivity index (χ0v) is 44.2. The van der Waals surface area contributed by atoms with Gasteiger partial charge in [0.25, 0.3) is 0 Å². The van der Waals surface area contributed by atoms with Gasteiger partial charge in [-0.1, -0.05) is 90.1 Å². The minimum absolute atomic E-state index is 0. The summed E-state index contributed by atoms with van der Waals surface area (Å²) in [6, 6.07) is 28.2. The number of carboxylic acids is 1. The molecule has 2 N–H and O–H groups in total. The molecule has 8 atom stereocenters. The first-order valence-corrected chi connectivity index (χ1v) is 25.7. The molecule has 6 aliphatic carbocycles. The first-order valence-electron chi connectivity index (χ1n) is 25.7. The predicted octanol–water partition coefficient (Wildman–Crippen LogP) is 9.44. The Labute approximate surface area is 445 Å². The zero-order valence-electron chi connectivity index (χ0n) is 44.2. The summed E-state index contributed by atoms with van der Waals surface area (Å²) in [7, 11) is 0. The van der Waals surface area contributed by atoms with Gasteiger partial charge in [0.05, 0.1) is 18.4 Å². The van der Waals surface area contributed by atoms with E-state index in [-0.39, 0.29) is 112 Å². The number of halogens is 2. The van der Waals surface area contributed by atoms with Gasteiger partial charge in [-0.15, -0.1) is 0 Å². The van der Waals surface area contributed by atoms with Crippen molar-refractivity contribution >= 4 is 11.9 Å². The molecule has 74 heavy (non-hydrogen) atoms. The Morgan fingerprint density at radius 1 is 0.622 bits per heavy atom. The molecule has 4 aromatic carbocycles. The van der Waals surface area contributed by atoms with Crippen LogP contribution in [-0.4, -0.2) is 39.1 Å². The summed E-state index contributed by atoms with van der Waals surface area (Å²) >= 11 is 0. The van der Waals surface area contributed by atoms with Crippen LogP contribution >= 0.6 is 0 Å². The Bertz CT molecular complexity index is 3230. The van der Waals surface area contributed by atoms with Gasteiger partial charge in [-0.05, 0) is 160 Å². The first kappa shape index (κ1) is 53.0. The van der Waals surface area contributed by atoms with Crippen molar-refractivity contribution < 1.29 is 62.0 Å². The normalized spacial score (nSPS) is 26.0. The van der Waals surface area contributed by atoms with Crippen LogP contribution in [0.3, 0.4) is 0 Å². The number of carbonyl (C=O) groups is 2. The van der Waals surface area contributed by atoms with Crippen molar-refractivity contribution in [3.05, 3.63) is 187 Å². The zero-order chi connectivity index (χ0) is 50.8. The van der Waals surface area contributed by atoms with E-state index >= 15 is 8.78 Å². The fourth-order valence-electron chi connectivity index (χ4n) is 14.1. The maximum Gasteiger partial charge on any atom is 1.00 e. The van der Waals surface area contributed by atoms with Crippen molar-refractivity contribution in [2.45, 2.75) is 135 Å². The maximum atomic E-state index is 15.3. The number of nitrogens with zero attached hydrogens (tertiary/aromatic N) is 2. The van der Waals surface area contributed by atoms with E-state index in [1.54, 1.807) is 18.3 Å². The second-order valence-corrected chi connectivity index (χ2v) is 23.2. The van der Waals surface area contributed by atoms with Crippen LogP contribution in [0, 0.1) is 49.2 Å². The van der Waals surface area contributed by atoms with E-state index < -0.39 is 5.97 Å². The number of rotatable bonds is 11. The van der Waals surface area contributed by atoms with Gasteiger partial charge in [0.2, 0.25) is 11.8 Å². The summed E-state index contributed by atoms with van der Waals surface area (Å²) in [5.41, 5.74) is 14.4. The average molecular weight is 995 g/mol. The van der Waals surface area contributed by atoms with Gasteiger partial charge < -0.3 is 24.8 Å². The Morgan fingerprint density at radius 3 is 1.46 bits per heavy atom. The maximum absolute atomic E-state index is 15.3. The molecule has 0 amide bonds. The van der Waals surface area contributed by atoms with Crippen LogP contribution in [0.5, 0.6) is 11.8 Å². The number of aryl methyl sites for hydroxylation is 2. The number of pyridine rings is 2. The van der Waals surface area contributed by atoms with Crippen molar-refractivity contribution in [3.8, 4) is 11.8 Å². The number of esters is 1. The summed E-state index contributed by atoms with van der Waals surface area (Å²) < 4.78 is 47.7. The van der Waals surface area contributed by atoms with Crippen molar-refractivity contribution in [1.82, 2.24) is 9.97 Å². The number of aliphatic carboxylic acids is 1. The second-order valence-electron chi connectivity index (χ2n) is 23.2. The molecule has 9 nitrogen and oxygen atoms in total. The number of ether oxygens (including phenoxy) is 3. The summed E-state index contributed by atoms with van der Waals surface area (Å²) in [5, 5.41) is 9.47. The summed E-state index contributed by atoms with van der Waals surface area (Å²) in [6.07, 6.45) is 7.02. The van der Waals surface area contributed by atoms with E-state index in [1.807, 2.05) is 44.3 Å². The minimum Gasteiger partial charge on any atom is -0.870 e. The van der Waals surface area contributed by atoms with Gasteiger partial charge in [0.15, 0.2) is 0 Å². The summed E-state index contributed by atoms with van der Waals surface area (Å²) in [6.45, 7) is 19.7. The predicted molar refractivity (Wildman–Crippen MR) is 274 cm³/mol. The number of carboxylic acid groups (broad SMARTS) is 1. The third-order valence-electron chi connectivity index (χ3n) is 18.1. The number of fused-ring (bicyclic) bond motifs is 8. The molecule has 2 saturated carbocycles. The third kappa shape index (κ3) is 8.55. The van der Waals surface area contributed by atoms with Gasteiger partial charge >= 0.3 is 30.8 Å². The Kier molecular flexibility index (Phi) is 13.6. The number of benzene rings is 4. The standard InChI is InChI=1S/C32H34FNO3.C30H30FNO3.Li.H2O/c1-6-36-30(35)29-25-12-19-13-28(34-16-26(19)32(25,29)5)37-17-20-11-22-23(21-10-8-7-9-18(21)2)15-31(3,4)24(22)14-27(20)33;1-16-7-5-6-8-19(16)21-13-29(2,3)22-12-25(31)18(9-20(21)22)15-35-26-11-17-10-23-27(28(33)34)30(23,4)24(17)14-32-26;;/h7-11,13-14,16,23,25,29H,6,12,15,17H2,1-5H3;5-9,11-12,14,21,23,27H,10,13,15H2,1-4H3,(H,33,34);;1H2/q;;+1;/p-1/t23?,25-,29+,32?;21?,23-,27+,30?;;/m00../s1. The van der Waals surface area contributed by atoms with Crippen LogP contribution in [0.25, 0.3) is 0 Å². The summed E-state index contributed by atoms with van der Waals surface area (Å²) in [4.78, 5) is 32.8. The Balaban J connectivity index is 0.000000177. The molecule has 12 rings (SSSR count). The van der Waals surface area contributed by atoms with Crippen LogP contribution in [0.1, 0.15) is 151 Å².